The van der Waals surface area contributed by atoms with Crippen molar-refractivity contribution >= 4 is 27.1 Å². The Morgan fingerprint density at radius 1 is 0.720 bits per heavy atom. The van der Waals surface area contributed by atoms with Crippen molar-refractivity contribution in [3.8, 4) is 0 Å². The zero-order chi connectivity index (χ0) is 17.9. The first-order valence-electron chi connectivity index (χ1n) is 7.97. The highest BCUT2D eigenvalue weighted by Gasteiger charge is 2.13. The lowest BCUT2D eigenvalue weighted by atomic mass is 10.1. The second-order valence-corrected chi connectivity index (χ2v) is 7.55. The molecule has 25 heavy (non-hydrogen) atoms. The Morgan fingerprint density at radius 2 is 1.36 bits per heavy atom. The van der Waals surface area contributed by atoms with E-state index in [2.05, 4.69) is 30.0 Å². The Kier molecular flexibility index (Phi) is 4.76. The van der Waals surface area contributed by atoms with Crippen LogP contribution < -0.4 is 10.0 Å². The van der Waals surface area contributed by atoms with Crippen LogP contribution in [-0.2, 0) is 10.0 Å². The van der Waals surface area contributed by atoms with E-state index >= 15 is 0 Å². The number of aryl methyl sites for hydroxylation is 1. The summed E-state index contributed by atoms with van der Waals surface area (Å²) in [5, 5.41) is 3.36. The molecule has 2 N–H and O–H groups in total. The monoisotopic (exact) mass is 352 g/mol. The third kappa shape index (κ3) is 4.00. The minimum atomic E-state index is -3.57. The molecule has 0 fully saturated rings. The molecule has 0 spiro atoms. The van der Waals surface area contributed by atoms with Crippen LogP contribution in [0.1, 0.15) is 11.1 Å². The van der Waals surface area contributed by atoms with E-state index in [1.165, 1.54) is 11.1 Å². The fourth-order valence-electron chi connectivity index (χ4n) is 2.48. The van der Waals surface area contributed by atoms with Gasteiger partial charge in [-0.15, -0.1) is 0 Å². The van der Waals surface area contributed by atoms with Crippen LogP contribution in [-0.4, -0.2) is 8.42 Å². The number of hydrogen-bond acceptors (Lipinski definition) is 3. The van der Waals surface area contributed by atoms with Crippen molar-refractivity contribution in [2.75, 3.05) is 10.0 Å². The summed E-state index contributed by atoms with van der Waals surface area (Å²) in [7, 11) is -3.57. The predicted octanol–water partition coefficient (Wildman–Crippen LogP) is 4.85. The number of nitrogens with one attached hydrogen (secondary N) is 2. The van der Waals surface area contributed by atoms with E-state index in [1.54, 1.807) is 42.5 Å². The quantitative estimate of drug-likeness (QED) is 0.690. The second kappa shape index (κ2) is 6.99. The fourth-order valence-corrected chi connectivity index (χ4v) is 3.56. The van der Waals surface area contributed by atoms with Crippen LogP contribution in [0.25, 0.3) is 0 Å². The number of hydrogen-bond donors (Lipinski definition) is 2. The van der Waals surface area contributed by atoms with Gasteiger partial charge in [0.05, 0.1) is 4.90 Å². The van der Waals surface area contributed by atoms with Crippen LogP contribution in [0.4, 0.5) is 17.1 Å². The molecule has 0 radical (unpaired) electrons. The van der Waals surface area contributed by atoms with Crippen molar-refractivity contribution in [3.05, 3.63) is 83.9 Å². The Morgan fingerprint density at radius 3 is 2.04 bits per heavy atom. The van der Waals surface area contributed by atoms with Crippen molar-refractivity contribution in [2.45, 2.75) is 18.7 Å². The molecule has 0 saturated carbocycles. The highest BCUT2D eigenvalue weighted by molar-refractivity contribution is 7.92. The van der Waals surface area contributed by atoms with E-state index in [9.17, 15) is 8.42 Å². The minimum Gasteiger partial charge on any atom is -0.355 e. The third-order valence-electron chi connectivity index (χ3n) is 4.07. The lowest BCUT2D eigenvalue weighted by Crippen LogP contribution is -2.12. The molecule has 0 aromatic heterocycles. The minimum absolute atomic E-state index is 0.243. The van der Waals surface area contributed by atoms with Crippen molar-refractivity contribution < 1.29 is 8.42 Å². The summed E-state index contributed by atoms with van der Waals surface area (Å²) in [5.41, 5.74) is 4.87. The average molecular weight is 352 g/mol. The lowest BCUT2D eigenvalue weighted by molar-refractivity contribution is 0.601. The summed E-state index contributed by atoms with van der Waals surface area (Å²) in [6.45, 7) is 4.14. The second-order valence-electron chi connectivity index (χ2n) is 5.87. The SMILES string of the molecule is Cc1cccc(Nc2ccc(NS(=O)(=O)c3ccccc3)cc2)c1C. The van der Waals surface area contributed by atoms with Crippen molar-refractivity contribution in [1.29, 1.82) is 0 Å². The molecule has 4 nitrogen and oxygen atoms in total. The highest BCUT2D eigenvalue weighted by atomic mass is 32.2. The Balaban J connectivity index is 1.76. The van der Waals surface area contributed by atoms with Crippen LogP contribution in [0.2, 0.25) is 0 Å². The molecule has 0 saturated heterocycles. The molecule has 0 aliphatic heterocycles. The summed E-state index contributed by atoms with van der Waals surface area (Å²) >= 11 is 0. The number of benzene rings is 3. The van der Waals surface area contributed by atoms with Crippen molar-refractivity contribution in [3.63, 3.8) is 0 Å². The molecule has 0 aliphatic carbocycles. The maximum Gasteiger partial charge on any atom is 0.261 e. The number of rotatable bonds is 5. The van der Waals surface area contributed by atoms with Crippen LogP contribution in [0.3, 0.4) is 0 Å². The standard InChI is InChI=1S/C20H20N2O2S/c1-15-7-6-10-20(16(15)2)21-17-11-13-18(14-12-17)22-25(23,24)19-8-4-3-5-9-19/h3-14,21-22H,1-2H3. The summed E-state index contributed by atoms with van der Waals surface area (Å²) < 4.78 is 27.3. The number of sulfonamides is 1. The normalized spacial score (nSPS) is 11.1. The Labute approximate surface area is 148 Å². The molecule has 0 heterocycles. The highest BCUT2D eigenvalue weighted by Crippen LogP contribution is 2.24. The molecular formula is C20H20N2O2S. The molecule has 3 rings (SSSR count). The Bertz CT molecular complexity index is 966. The first-order valence-corrected chi connectivity index (χ1v) is 9.45. The molecule has 0 bridgehead atoms. The summed E-state index contributed by atoms with van der Waals surface area (Å²) in [4.78, 5) is 0.243. The molecule has 0 unspecified atom stereocenters. The van der Waals surface area contributed by atoms with E-state index < -0.39 is 10.0 Å². The van der Waals surface area contributed by atoms with Gasteiger partial charge in [0.1, 0.15) is 0 Å². The van der Waals surface area contributed by atoms with Crippen LogP contribution in [0.5, 0.6) is 0 Å². The largest absolute Gasteiger partial charge is 0.355 e. The molecule has 0 atom stereocenters. The zero-order valence-corrected chi connectivity index (χ0v) is 15.0. The van der Waals surface area contributed by atoms with Gasteiger partial charge in [-0.2, -0.15) is 0 Å². The predicted molar refractivity (Wildman–Crippen MR) is 103 cm³/mol. The lowest BCUT2D eigenvalue weighted by Gasteiger charge is -2.12. The number of anilines is 3. The van der Waals surface area contributed by atoms with E-state index in [4.69, 9.17) is 0 Å². The van der Waals surface area contributed by atoms with Gasteiger partial charge >= 0.3 is 0 Å². The van der Waals surface area contributed by atoms with Crippen LogP contribution in [0, 0.1) is 13.8 Å². The molecular weight excluding hydrogens is 332 g/mol. The molecule has 0 aliphatic rings. The summed E-state index contributed by atoms with van der Waals surface area (Å²) in [6.07, 6.45) is 0. The van der Waals surface area contributed by atoms with Gasteiger partial charge in [-0.3, -0.25) is 4.72 Å². The fraction of sp³-hybridized carbons (Fsp3) is 0.100. The van der Waals surface area contributed by atoms with Gasteiger partial charge in [0.2, 0.25) is 0 Å². The zero-order valence-electron chi connectivity index (χ0n) is 14.2. The smallest absolute Gasteiger partial charge is 0.261 e. The third-order valence-corrected chi connectivity index (χ3v) is 5.47. The maximum absolute atomic E-state index is 12.3. The summed E-state index contributed by atoms with van der Waals surface area (Å²) in [6, 6.07) is 21.6. The van der Waals surface area contributed by atoms with Crippen LogP contribution in [0.15, 0.2) is 77.7 Å². The van der Waals surface area contributed by atoms with Gasteiger partial charge in [0.15, 0.2) is 0 Å². The van der Waals surface area contributed by atoms with E-state index in [-0.39, 0.29) is 4.90 Å². The molecule has 128 valence electrons. The van der Waals surface area contributed by atoms with Gasteiger partial charge < -0.3 is 5.32 Å². The molecule has 5 heteroatoms. The molecule has 0 amide bonds. The van der Waals surface area contributed by atoms with Gasteiger partial charge in [0.25, 0.3) is 10.0 Å². The summed E-state index contributed by atoms with van der Waals surface area (Å²) in [5.74, 6) is 0. The molecule has 3 aromatic rings. The van der Waals surface area contributed by atoms with Crippen LogP contribution >= 0.6 is 0 Å². The maximum atomic E-state index is 12.3. The van der Waals surface area contributed by atoms with Gasteiger partial charge in [-0.1, -0.05) is 30.3 Å². The van der Waals surface area contributed by atoms with Gasteiger partial charge in [-0.05, 0) is 67.4 Å². The topological polar surface area (TPSA) is 58.2 Å². The van der Waals surface area contributed by atoms with E-state index in [0.717, 1.165) is 11.4 Å². The van der Waals surface area contributed by atoms with Gasteiger partial charge in [0, 0.05) is 17.1 Å². The first-order chi connectivity index (χ1) is 12.0. The average Bonchev–Trinajstić information content (AvgIpc) is 2.61. The van der Waals surface area contributed by atoms with E-state index in [1.807, 2.05) is 24.3 Å². The Hall–Kier alpha value is -2.79. The first kappa shape index (κ1) is 17.0. The molecule has 3 aromatic carbocycles. The van der Waals surface area contributed by atoms with E-state index in [0.29, 0.717) is 5.69 Å². The van der Waals surface area contributed by atoms with Gasteiger partial charge in [-0.25, -0.2) is 8.42 Å². The van der Waals surface area contributed by atoms with Crippen molar-refractivity contribution in [1.82, 2.24) is 0 Å². The van der Waals surface area contributed by atoms with Crippen molar-refractivity contribution in [2.24, 2.45) is 0 Å².